The van der Waals surface area contributed by atoms with Gasteiger partial charge in [0.25, 0.3) is 5.91 Å². The predicted octanol–water partition coefficient (Wildman–Crippen LogP) is 3.60. The molecule has 1 amide bonds. The zero-order valence-electron chi connectivity index (χ0n) is 18.1. The maximum Gasteiger partial charge on any atom is 0.251 e. The van der Waals surface area contributed by atoms with Crippen LogP contribution in [0, 0.1) is 0 Å². The Labute approximate surface area is 182 Å². The Morgan fingerprint density at radius 2 is 1.94 bits per heavy atom. The lowest BCUT2D eigenvalue weighted by molar-refractivity contribution is 0.0961. The molecule has 1 aromatic carbocycles. The van der Waals surface area contributed by atoms with E-state index in [-0.39, 0.29) is 5.91 Å². The first-order chi connectivity index (χ1) is 15.1. The van der Waals surface area contributed by atoms with Crippen LogP contribution < -0.4 is 10.6 Å². The Hall–Kier alpha value is -2.73. The fourth-order valence-corrected chi connectivity index (χ4v) is 6.06. The first-order valence-corrected chi connectivity index (χ1v) is 11.5. The second kappa shape index (κ2) is 7.16. The van der Waals surface area contributed by atoms with E-state index in [0.29, 0.717) is 29.8 Å². The number of aromatic nitrogens is 3. The third-order valence-electron chi connectivity index (χ3n) is 7.66. The number of pyridine rings is 1. The van der Waals surface area contributed by atoms with Crippen LogP contribution in [-0.4, -0.2) is 39.8 Å². The normalized spacial score (nSPS) is 29.3. The van der Waals surface area contributed by atoms with Crippen LogP contribution in [0.3, 0.4) is 0 Å². The predicted molar refractivity (Wildman–Crippen MR) is 120 cm³/mol. The van der Waals surface area contributed by atoms with Gasteiger partial charge in [-0.3, -0.25) is 9.48 Å². The Balaban J connectivity index is 1.34. The highest BCUT2D eigenvalue weighted by molar-refractivity contribution is 5.95. The molecule has 3 aliphatic rings. The fourth-order valence-electron chi connectivity index (χ4n) is 6.06. The van der Waals surface area contributed by atoms with E-state index in [0.717, 1.165) is 41.6 Å². The monoisotopic (exact) mass is 415 g/mol. The first kappa shape index (κ1) is 19.0. The van der Waals surface area contributed by atoms with Crippen LogP contribution >= 0.6 is 0 Å². The topological polar surface area (TPSA) is 71.8 Å². The van der Waals surface area contributed by atoms with E-state index < -0.39 is 0 Å². The van der Waals surface area contributed by atoms with Crippen molar-refractivity contribution >= 4 is 16.9 Å². The molecule has 2 aliphatic heterocycles. The van der Waals surface area contributed by atoms with Gasteiger partial charge in [0, 0.05) is 49.2 Å². The van der Waals surface area contributed by atoms with Crippen molar-refractivity contribution in [2.24, 2.45) is 7.05 Å². The summed E-state index contributed by atoms with van der Waals surface area (Å²) < 4.78 is 1.89. The van der Waals surface area contributed by atoms with Crippen molar-refractivity contribution in [1.82, 2.24) is 25.4 Å². The lowest BCUT2D eigenvalue weighted by atomic mass is 9.82. The second-order valence-electron chi connectivity index (χ2n) is 9.56. The summed E-state index contributed by atoms with van der Waals surface area (Å²) in [5.74, 6) is 1.38. The van der Waals surface area contributed by atoms with Gasteiger partial charge in [0.15, 0.2) is 5.65 Å². The van der Waals surface area contributed by atoms with Crippen LogP contribution in [0.4, 0.5) is 0 Å². The summed E-state index contributed by atoms with van der Waals surface area (Å²) in [5.41, 5.74) is 5.55. The Morgan fingerprint density at radius 1 is 1.13 bits per heavy atom. The van der Waals surface area contributed by atoms with E-state index in [1.54, 1.807) is 7.05 Å². The van der Waals surface area contributed by atoms with Crippen LogP contribution in [0.25, 0.3) is 11.0 Å². The van der Waals surface area contributed by atoms with Crippen LogP contribution in [0.5, 0.6) is 0 Å². The van der Waals surface area contributed by atoms with E-state index in [2.05, 4.69) is 39.9 Å². The average molecular weight is 416 g/mol. The van der Waals surface area contributed by atoms with Crippen molar-refractivity contribution in [1.29, 1.82) is 0 Å². The number of benzene rings is 1. The van der Waals surface area contributed by atoms with Gasteiger partial charge in [-0.2, -0.15) is 5.10 Å². The van der Waals surface area contributed by atoms with Gasteiger partial charge in [0.1, 0.15) is 0 Å². The molecule has 1 saturated carbocycles. The highest BCUT2D eigenvalue weighted by Gasteiger charge is 2.43. The summed E-state index contributed by atoms with van der Waals surface area (Å²) in [6, 6.07) is 11.9. The maximum absolute atomic E-state index is 12.6. The van der Waals surface area contributed by atoms with Gasteiger partial charge in [-0.05, 0) is 73.3 Å². The molecule has 3 fully saturated rings. The standard InChI is InChI=1S/C25H29N5O/c1-26-25(31)18-8-5-14(12-20(18)15-10-16-6-7-17(11-15)28-16)21-13-22(21)23-19-4-3-9-27-24(19)30(2)29-23/h3-5,8-9,12,15-17,21-22,28H,6-7,10-11,13H2,1-2H3,(H,26,31)/t15?,16-,17+,21?,22?. The van der Waals surface area contributed by atoms with Crippen molar-refractivity contribution in [3.05, 3.63) is 58.9 Å². The summed E-state index contributed by atoms with van der Waals surface area (Å²) in [6.07, 6.45) is 7.73. The van der Waals surface area contributed by atoms with Crippen molar-refractivity contribution in [3.63, 3.8) is 0 Å². The Kier molecular flexibility index (Phi) is 4.39. The number of hydrogen-bond donors (Lipinski definition) is 2. The molecule has 160 valence electrons. The molecule has 5 atom stereocenters. The molecular weight excluding hydrogens is 386 g/mol. The first-order valence-electron chi connectivity index (χ1n) is 11.5. The zero-order valence-corrected chi connectivity index (χ0v) is 18.1. The smallest absolute Gasteiger partial charge is 0.251 e. The quantitative estimate of drug-likeness (QED) is 0.683. The van der Waals surface area contributed by atoms with E-state index >= 15 is 0 Å². The third-order valence-corrected chi connectivity index (χ3v) is 7.66. The molecule has 1 aliphatic carbocycles. The largest absolute Gasteiger partial charge is 0.355 e. The summed E-state index contributed by atoms with van der Waals surface area (Å²) in [5, 5.41) is 12.6. The van der Waals surface area contributed by atoms with Crippen molar-refractivity contribution < 1.29 is 4.79 Å². The van der Waals surface area contributed by atoms with E-state index in [1.165, 1.54) is 24.0 Å². The minimum absolute atomic E-state index is 0.0292. The number of hydrogen-bond acceptors (Lipinski definition) is 4. The Morgan fingerprint density at radius 3 is 2.71 bits per heavy atom. The summed E-state index contributed by atoms with van der Waals surface area (Å²) in [4.78, 5) is 17.1. The SMILES string of the molecule is CNC(=O)c1ccc(C2CC2c2nn(C)c3ncccc23)cc1C1C[C@H]2CC[C@@H](C1)N2. The number of nitrogens with zero attached hydrogens (tertiary/aromatic N) is 3. The fraction of sp³-hybridized carbons (Fsp3) is 0.480. The average Bonchev–Trinajstić information content (AvgIpc) is 3.44. The molecular formula is C25H29N5O. The van der Waals surface area contributed by atoms with Gasteiger partial charge in [-0.25, -0.2) is 4.98 Å². The highest BCUT2D eigenvalue weighted by Crippen LogP contribution is 2.56. The minimum atomic E-state index is 0.0292. The molecule has 3 unspecified atom stereocenters. The van der Waals surface area contributed by atoms with Crippen molar-refractivity contribution in [2.45, 2.75) is 61.9 Å². The van der Waals surface area contributed by atoms with Crippen LogP contribution in [0.2, 0.25) is 0 Å². The molecule has 2 bridgehead atoms. The van der Waals surface area contributed by atoms with Crippen LogP contribution in [0.1, 0.15) is 77.0 Å². The number of carbonyl (C=O) groups excluding carboxylic acids is 1. The molecule has 6 heteroatoms. The molecule has 6 rings (SSSR count). The van der Waals surface area contributed by atoms with E-state index in [1.807, 2.05) is 24.0 Å². The summed E-state index contributed by atoms with van der Waals surface area (Å²) in [6.45, 7) is 0. The third kappa shape index (κ3) is 3.16. The van der Waals surface area contributed by atoms with Crippen molar-refractivity contribution in [3.8, 4) is 0 Å². The molecule has 6 nitrogen and oxygen atoms in total. The van der Waals surface area contributed by atoms with Gasteiger partial charge in [0.2, 0.25) is 0 Å². The minimum Gasteiger partial charge on any atom is -0.355 e. The molecule has 0 radical (unpaired) electrons. The molecule has 0 spiro atoms. The van der Waals surface area contributed by atoms with Crippen LogP contribution in [0.15, 0.2) is 36.5 Å². The summed E-state index contributed by atoms with van der Waals surface area (Å²) in [7, 11) is 3.70. The molecule has 4 heterocycles. The summed E-state index contributed by atoms with van der Waals surface area (Å²) >= 11 is 0. The van der Waals surface area contributed by atoms with Crippen LogP contribution in [-0.2, 0) is 7.05 Å². The Bertz CT molecular complexity index is 1160. The van der Waals surface area contributed by atoms with Gasteiger partial charge < -0.3 is 10.6 Å². The number of carbonyl (C=O) groups is 1. The number of aryl methyl sites for hydroxylation is 1. The molecule has 2 saturated heterocycles. The number of rotatable bonds is 4. The van der Waals surface area contributed by atoms with Crippen molar-refractivity contribution in [2.75, 3.05) is 7.05 Å². The number of amides is 1. The maximum atomic E-state index is 12.6. The number of nitrogens with one attached hydrogen (secondary N) is 2. The second-order valence-corrected chi connectivity index (χ2v) is 9.56. The van der Waals surface area contributed by atoms with Gasteiger partial charge in [-0.15, -0.1) is 0 Å². The lowest BCUT2D eigenvalue weighted by Crippen LogP contribution is -2.37. The van der Waals surface area contributed by atoms with Gasteiger partial charge in [0.05, 0.1) is 5.69 Å². The van der Waals surface area contributed by atoms with E-state index in [4.69, 9.17) is 5.10 Å². The molecule has 2 N–H and O–H groups in total. The number of piperidine rings is 1. The van der Waals surface area contributed by atoms with Gasteiger partial charge in [-0.1, -0.05) is 12.1 Å². The highest BCUT2D eigenvalue weighted by atomic mass is 16.1. The molecule has 2 aromatic heterocycles. The molecule has 31 heavy (non-hydrogen) atoms. The molecule has 3 aromatic rings. The number of fused-ring (bicyclic) bond motifs is 3. The van der Waals surface area contributed by atoms with E-state index in [9.17, 15) is 4.79 Å². The van der Waals surface area contributed by atoms with Gasteiger partial charge >= 0.3 is 0 Å². The lowest BCUT2D eigenvalue weighted by Gasteiger charge is -2.30. The zero-order chi connectivity index (χ0) is 21.1.